The van der Waals surface area contributed by atoms with Crippen molar-refractivity contribution in [1.82, 2.24) is 15.1 Å². The molecule has 4 heteroatoms. The molecule has 0 aromatic heterocycles. The Hall–Kier alpha value is -0.610. The predicted octanol–water partition coefficient (Wildman–Crippen LogP) is 1.56. The number of rotatable bonds is 7. The van der Waals surface area contributed by atoms with Gasteiger partial charge in [-0.3, -0.25) is 9.69 Å². The average Bonchev–Trinajstić information content (AvgIpc) is 2.40. The topological polar surface area (TPSA) is 35.6 Å². The molecular weight excluding hydrogens is 238 g/mol. The first kappa shape index (κ1) is 16.4. The van der Waals surface area contributed by atoms with E-state index in [1.165, 1.54) is 12.8 Å². The van der Waals surface area contributed by atoms with Crippen molar-refractivity contribution in [1.29, 1.82) is 0 Å². The number of likely N-dealkylation sites (tertiary alicyclic amines) is 1. The van der Waals surface area contributed by atoms with Gasteiger partial charge >= 0.3 is 0 Å². The molecule has 2 atom stereocenters. The molecule has 1 aliphatic heterocycles. The summed E-state index contributed by atoms with van der Waals surface area (Å²) < 4.78 is 0. The molecule has 1 fully saturated rings. The van der Waals surface area contributed by atoms with Crippen molar-refractivity contribution in [2.45, 2.75) is 46.6 Å². The molecule has 1 N–H and O–H groups in total. The summed E-state index contributed by atoms with van der Waals surface area (Å²) in [6, 6.07) is 0.552. The van der Waals surface area contributed by atoms with Crippen molar-refractivity contribution in [3.05, 3.63) is 0 Å². The summed E-state index contributed by atoms with van der Waals surface area (Å²) in [5.41, 5.74) is 0. The minimum Gasteiger partial charge on any atom is -0.342 e. The fraction of sp³-hybridized carbons (Fsp3) is 0.933. The van der Waals surface area contributed by atoms with Crippen LogP contribution in [-0.2, 0) is 4.79 Å². The van der Waals surface area contributed by atoms with Crippen molar-refractivity contribution in [2.24, 2.45) is 5.92 Å². The van der Waals surface area contributed by atoms with E-state index in [4.69, 9.17) is 0 Å². The van der Waals surface area contributed by atoms with Crippen molar-refractivity contribution in [2.75, 3.05) is 39.3 Å². The zero-order valence-corrected chi connectivity index (χ0v) is 13.1. The van der Waals surface area contributed by atoms with Gasteiger partial charge in [0, 0.05) is 25.7 Å². The van der Waals surface area contributed by atoms with Gasteiger partial charge in [-0.2, -0.15) is 0 Å². The maximum Gasteiger partial charge on any atom is 0.236 e. The molecule has 0 saturated carbocycles. The number of nitrogens with zero attached hydrogens (tertiary/aromatic N) is 2. The molecule has 0 bridgehead atoms. The van der Waals surface area contributed by atoms with Crippen LogP contribution in [0.3, 0.4) is 0 Å². The SMILES string of the molecule is CCNC(C)C1CCCN(CC(=O)N(CC)CC)C1. The van der Waals surface area contributed by atoms with Crippen LogP contribution in [0.2, 0.25) is 0 Å². The van der Waals surface area contributed by atoms with Crippen LogP contribution in [0.1, 0.15) is 40.5 Å². The standard InChI is InChI=1S/C15H31N3O/c1-5-16-13(4)14-9-8-10-17(11-14)12-15(19)18(6-2)7-3/h13-14,16H,5-12H2,1-4H3. The Morgan fingerprint density at radius 3 is 2.63 bits per heavy atom. The van der Waals surface area contributed by atoms with Gasteiger partial charge in [-0.15, -0.1) is 0 Å². The predicted molar refractivity (Wildman–Crippen MR) is 80.2 cm³/mol. The maximum atomic E-state index is 12.1. The van der Waals surface area contributed by atoms with Crippen LogP contribution >= 0.6 is 0 Å². The van der Waals surface area contributed by atoms with E-state index in [2.05, 4.69) is 24.1 Å². The highest BCUT2D eigenvalue weighted by atomic mass is 16.2. The molecule has 0 aromatic carbocycles. The van der Waals surface area contributed by atoms with Crippen LogP contribution in [-0.4, -0.2) is 61.0 Å². The summed E-state index contributed by atoms with van der Waals surface area (Å²) in [5, 5.41) is 3.51. The van der Waals surface area contributed by atoms with Crippen molar-refractivity contribution in [3.63, 3.8) is 0 Å². The average molecular weight is 269 g/mol. The van der Waals surface area contributed by atoms with Crippen LogP contribution < -0.4 is 5.32 Å². The van der Waals surface area contributed by atoms with E-state index in [9.17, 15) is 4.79 Å². The minimum absolute atomic E-state index is 0.279. The van der Waals surface area contributed by atoms with Crippen LogP contribution in [0.5, 0.6) is 0 Å². The molecule has 1 heterocycles. The number of carbonyl (C=O) groups excluding carboxylic acids is 1. The molecule has 1 rings (SSSR count). The maximum absolute atomic E-state index is 12.1. The third-order valence-corrected chi connectivity index (χ3v) is 4.25. The molecule has 112 valence electrons. The first-order valence-electron chi connectivity index (χ1n) is 7.85. The molecule has 0 aliphatic carbocycles. The zero-order chi connectivity index (χ0) is 14.3. The number of nitrogens with one attached hydrogen (secondary N) is 1. The summed E-state index contributed by atoms with van der Waals surface area (Å²) >= 11 is 0. The number of amides is 1. The van der Waals surface area contributed by atoms with Gasteiger partial charge in [-0.05, 0) is 52.6 Å². The van der Waals surface area contributed by atoms with Gasteiger partial charge in [0.2, 0.25) is 5.91 Å². The molecule has 0 spiro atoms. The summed E-state index contributed by atoms with van der Waals surface area (Å²) in [5.74, 6) is 0.958. The number of piperidine rings is 1. The lowest BCUT2D eigenvalue weighted by atomic mass is 9.91. The number of hydrogen-bond acceptors (Lipinski definition) is 3. The van der Waals surface area contributed by atoms with E-state index >= 15 is 0 Å². The number of hydrogen-bond donors (Lipinski definition) is 1. The largest absolute Gasteiger partial charge is 0.342 e. The van der Waals surface area contributed by atoms with Gasteiger partial charge in [0.05, 0.1) is 6.54 Å². The van der Waals surface area contributed by atoms with Crippen LogP contribution in [0.25, 0.3) is 0 Å². The van der Waals surface area contributed by atoms with Crippen LogP contribution in [0.15, 0.2) is 0 Å². The molecule has 0 radical (unpaired) electrons. The van der Waals surface area contributed by atoms with E-state index in [0.29, 0.717) is 18.5 Å². The van der Waals surface area contributed by atoms with Crippen molar-refractivity contribution >= 4 is 5.91 Å². The van der Waals surface area contributed by atoms with Crippen molar-refractivity contribution in [3.8, 4) is 0 Å². The zero-order valence-electron chi connectivity index (χ0n) is 13.1. The van der Waals surface area contributed by atoms with Crippen LogP contribution in [0, 0.1) is 5.92 Å². The highest BCUT2D eigenvalue weighted by molar-refractivity contribution is 5.78. The molecule has 1 aliphatic rings. The second-order valence-electron chi connectivity index (χ2n) is 5.55. The molecule has 1 amide bonds. The normalized spacial score (nSPS) is 22.2. The van der Waals surface area contributed by atoms with Gasteiger partial charge in [0.25, 0.3) is 0 Å². The Morgan fingerprint density at radius 1 is 1.37 bits per heavy atom. The molecule has 4 nitrogen and oxygen atoms in total. The monoisotopic (exact) mass is 269 g/mol. The lowest BCUT2D eigenvalue weighted by molar-refractivity contribution is -0.132. The summed E-state index contributed by atoms with van der Waals surface area (Å²) in [4.78, 5) is 16.4. The molecule has 19 heavy (non-hydrogen) atoms. The van der Waals surface area contributed by atoms with E-state index < -0.39 is 0 Å². The second-order valence-corrected chi connectivity index (χ2v) is 5.55. The van der Waals surface area contributed by atoms with E-state index in [1.807, 2.05) is 18.7 Å². The third-order valence-electron chi connectivity index (χ3n) is 4.25. The Balaban J connectivity index is 2.44. The molecule has 2 unspecified atom stereocenters. The molecular formula is C15H31N3O. The highest BCUT2D eigenvalue weighted by Crippen LogP contribution is 2.19. The van der Waals surface area contributed by atoms with Gasteiger partial charge < -0.3 is 10.2 Å². The Kier molecular flexibility index (Phi) is 7.39. The Bertz CT molecular complexity index is 266. The highest BCUT2D eigenvalue weighted by Gasteiger charge is 2.26. The Morgan fingerprint density at radius 2 is 2.05 bits per heavy atom. The van der Waals surface area contributed by atoms with E-state index in [-0.39, 0.29) is 5.91 Å². The minimum atomic E-state index is 0.279. The lowest BCUT2D eigenvalue weighted by Crippen LogP contribution is -2.48. The summed E-state index contributed by atoms with van der Waals surface area (Å²) in [7, 11) is 0. The lowest BCUT2D eigenvalue weighted by Gasteiger charge is -2.36. The number of likely N-dealkylation sites (N-methyl/N-ethyl adjacent to an activating group) is 1. The van der Waals surface area contributed by atoms with Crippen LogP contribution in [0.4, 0.5) is 0 Å². The quantitative estimate of drug-likeness (QED) is 0.762. The first-order chi connectivity index (χ1) is 9.12. The third kappa shape index (κ3) is 5.11. The van der Waals surface area contributed by atoms with E-state index in [0.717, 1.165) is 32.7 Å². The number of carbonyl (C=O) groups is 1. The second kappa shape index (κ2) is 8.54. The fourth-order valence-corrected chi connectivity index (χ4v) is 3.00. The van der Waals surface area contributed by atoms with Gasteiger partial charge in [-0.1, -0.05) is 6.92 Å². The van der Waals surface area contributed by atoms with Gasteiger partial charge in [-0.25, -0.2) is 0 Å². The fourth-order valence-electron chi connectivity index (χ4n) is 3.00. The molecule has 0 aromatic rings. The van der Waals surface area contributed by atoms with Gasteiger partial charge in [0.15, 0.2) is 0 Å². The van der Waals surface area contributed by atoms with Gasteiger partial charge in [0.1, 0.15) is 0 Å². The molecule has 1 saturated heterocycles. The smallest absolute Gasteiger partial charge is 0.236 e. The Labute approximate surface area is 118 Å². The van der Waals surface area contributed by atoms with E-state index in [1.54, 1.807) is 0 Å². The summed E-state index contributed by atoms with van der Waals surface area (Å²) in [6.45, 7) is 13.9. The summed E-state index contributed by atoms with van der Waals surface area (Å²) in [6.07, 6.45) is 2.50. The van der Waals surface area contributed by atoms with Crippen molar-refractivity contribution < 1.29 is 4.79 Å². The first-order valence-corrected chi connectivity index (χ1v) is 7.85.